The molecule has 3 rings (SSSR count). The SMILES string of the molecule is COc1ccc2c(c1)CCCC2CC(=O)Nc1ccc(NS(C)(=O)=O)c(OC)c1. The monoisotopic (exact) mass is 418 g/mol. The average molecular weight is 419 g/mol. The maximum absolute atomic E-state index is 12.6. The van der Waals surface area contributed by atoms with Gasteiger partial charge < -0.3 is 14.8 Å². The normalized spacial score (nSPS) is 15.9. The quantitative estimate of drug-likeness (QED) is 0.718. The van der Waals surface area contributed by atoms with E-state index in [-0.39, 0.29) is 11.8 Å². The number of benzene rings is 2. The lowest BCUT2D eigenvalue weighted by molar-refractivity contribution is -0.116. The van der Waals surface area contributed by atoms with Crippen molar-refractivity contribution < 1.29 is 22.7 Å². The van der Waals surface area contributed by atoms with Crippen molar-refractivity contribution >= 4 is 27.3 Å². The van der Waals surface area contributed by atoms with Crippen molar-refractivity contribution in [3.8, 4) is 11.5 Å². The number of hydrogen-bond acceptors (Lipinski definition) is 5. The van der Waals surface area contributed by atoms with Gasteiger partial charge in [0.2, 0.25) is 15.9 Å². The fourth-order valence-electron chi connectivity index (χ4n) is 3.72. The van der Waals surface area contributed by atoms with Crippen LogP contribution in [0.4, 0.5) is 11.4 Å². The lowest BCUT2D eigenvalue weighted by Gasteiger charge is -2.25. The molecule has 0 saturated heterocycles. The molecule has 0 fully saturated rings. The third-order valence-corrected chi connectivity index (χ3v) is 5.59. The summed E-state index contributed by atoms with van der Waals surface area (Å²) in [6.45, 7) is 0. The summed E-state index contributed by atoms with van der Waals surface area (Å²) in [5, 5.41) is 2.89. The highest BCUT2D eigenvalue weighted by Crippen LogP contribution is 2.36. The van der Waals surface area contributed by atoms with Gasteiger partial charge in [-0.3, -0.25) is 9.52 Å². The number of methoxy groups -OCH3 is 2. The molecule has 1 aliphatic rings. The predicted molar refractivity (Wildman–Crippen MR) is 113 cm³/mol. The van der Waals surface area contributed by atoms with E-state index in [2.05, 4.69) is 22.2 Å². The smallest absolute Gasteiger partial charge is 0.229 e. The number of amides is 1. The summed E-state index contributed by atoms with van der Waals surface area (Å²) in [6.07, 6.45) is 4.45. The Morgan fingerprint density at radius 3 is 2.62 bits per heavy atom. The molecular formula is C21H26N2O5S. The average Bonchev–Trinajstić information content (AvgIpc) is 2.67. The van der Waals surface area contributed by atoms with Crippen LogP contribution in [0.15, 0.2) is 36.4 Å². The second-order valence-corrected chi connectivity index (χ2v) is 8.94. The van der Waals surface area contributed by atoms with Crippen molar-refractivity contribution in [2.45, 2.75) is 31.6 Å². The molecule has 0 aromatic heterocycles. The van der Waals surface area contributed by atoms with E-state index in [0.717, 1.165) is 31.3 Å². The molecular weight excluding hydrogens is 392 g/mol. The van der Waals surface area contributed by atoms with Gasteiger partial charge in [-0.15, -0.1) is 0 Å². The molecule has 0 bridgehead atoms. The van der Waals surface area contributed by atoms with E-state index in [1.54, 1.807) is 25.3 Å². The van der Waals surface area contributed by atoms with Gasteiger partial charge in [0.15, 0.2) is 0 Å². The van der Waals surface area contributed by atoms with Gasteiger partial charge in [0, 0.05) is 18.2 Å². The highest BCUT2D eigenvalue weighted by atomic mass is 32.2. The Bertz CT molecular complexity index is 1000. The van der Waals surface area contributed by atoms with Gasteiger partial charge in [-0.25, -0.2) is 8.42 Å². The largest absolute Gasteiger partial charge is 0.497 e. The zero-order valence-corrected chi connectivity index (χ0v) is 17.6. The summed E-state index contributed by atoms with van der Waals surface area (Å²) in [4.78, 5) is 12.6. The molecule has 0 radical (unpaired) electrons. The first-order valence-corrected chi connectivity index (χ1v) is 11.3. The Balaban J connectivity index is 1.70. The lowest BCUT2D eigenvalue weighted by atomic mass is 9.81. The van der Waals surface area contributed by atoms with Crippen LogP contribution < -0.4 is 19.5 Å². The van der Waals surface area contributed by atoms with E-state index in [1.165, 1.54) is 18.2 Å². The number of carbonyl (C=O) groups is 1. The number of nitrogens with one attached hydrogen (secondary N) is 2. The lowest BCUT2D eigenvalue weighted by Crippen LogP contribution is -2.19. The molecule has 2 aromatic carbocycles. The zero-order valence-electron chi connectivity index (χ0n) is 16.8. The molecule has 29 heavy (non-hydrogen) atoms. The van der Waals surface area contributed by atoms with Crippen LogP contribution >= 0.6 is 0 Å². The predicted octanol–water partition coefficient (Wildman–Crippen LogP) is 3.52. The van der Waals surface area contributed by atoms with Gasteiger partial charge in [0.25, 0.3) is 0 Å². The highest BCUT2D eigenvalue weighted by molar-refractivity contribution is 7.92. The molecule has 0 aliphatic heterocycles. The molecule has 2 aromatic rings. The van der Waals surface area contributed by atoms with Crippen LogP contribution in [0.5, 0.6) is 11.5 Å². The van der Waals surface area contributed by atoms with Gasteiger partial charge in [-0.1, -0.05) is 6.07 Å². The minimum Gasteiger partial charge on any atom is -0.497 e. The standard InChI is InChI=1S/C21H26N2O5S/c1-27-17-8-9-18-14(11-17)5-4-6-15(18)12-21(24)22-16-7-10-19(20(13-16)28-2)23-29(3,25)26/h7-11,13,15,23H,4-6,12H2,1-3H3,(H,22,24). The van der Waals surface area contributed by atoms with Gasteiger partial charge in [0.1, 0.15) is 11.5 Å². The van der Waals surface area contributed by atoms with E-state index in [0.29, 0.717) is 23.5 Å². The van der Waals surface area contributed by atoms with Crippen molar-refractivity contribution in [1.29, 1.82) is 0 Å². The van der Waals surface area contributed by atoms with E-state index in [4.69, 9.17) is 9.47 Å². The van der Waals surface area contributed by atoms with Crippen molar-refractivity contribution in [2.24, 2.45) is 0 Å². The number of anilines is 2. The molecule has 0 saturated carbocycles. The number of rotatable bonds is 7. The molecule has 2 N–H and O–H groups in total. The zero-order chi connectivity index (χ0) is 21.0. The van der Waals surface area contributed by atoms with Crippen LogP contribution in [0.1, 0.15) is 36.3 Å². The fourth-order valence-corrected chi connectivity index (χ4v) is 4.29. The summed E-state index contributed by atoms with van der Waals surface area (Å²) >= 11 is 0. The molecule has 1 unspecified atom stereocenters. The van der Waals surface area contributed by atoms with Crippen LogP contribution in [0, 0.1) is 0 Å². The summed E-state index contributed by atoms with van der Waals surface area (Å²) in [6, 6.07) is 10.9. The third-order valence-electron chi connectivity index (χ3n) is 5.00. The van der Waals surface area contributed by atoms with Crippen LogP contribution in [-0.4, -0.2) is 34.8 Å². The van der Waals surface area contributed by atoms with E-state index in [9.17, 15) is 13.2 Å². The Morgan fingerprint density at radius 2 is 1.93 bits per heavy atom. The molecule has 0 spiro atoms. The van der Waals surface area contributed by atoms with Gasteiger partial charge in [0.05, 0.1) is 26.2 Å². The molecule has 8 heteroatoms. The molecule has 0 heterocycles. The Hall–Kier alpha value is -2.74. The number of sulfonamides is 1. The van der Waals surface area contributed by atoms with E-state index in [1.807, 2.05) is 6.07 Å². The summed E-state index contributed by atoms with van der Waals surface area (Å²) < 4.78 is 35.8. The topological polar surface area (TPSA) is 93.7 Å². The van der Waals surface area contributed by atoms with Crippen molar-refractivity contribution in [1.82, 2.24) is 0 Å². The number of fused-ring (bicyclic) bond motifs is 1. The van der Waals surface area contributed by atoms with Gasteiger partial charge in [-0.05, 0) is 60.6 Å². The fraction of sp³-hybridized carbons (Fsp3) is 0.381. The summed E-state index contributed by atoms with van der Waals surface area (Å²) in [5.74, 6) is 1.24. The van der Waals surface area contributed by atoms with Gasteiger partial charge >= 0.3 is 0 Å². The summed E-state index contributed by atoms with van der Waals surface area (Å²) in [7, 11) is -0.325. The Morgan fingerprint density at radius 1 is 1.14 bits per heavy atom. The minimum atomic E-state index is -3.42. The highest BCUT2D eigenvalue weighted by Gasteiger charge is 2.23. The van der Waals surface area contributed by atoms with Crippen molar-refractivity contribution in [3.63, 3.8) is 0 Å². The third kappa shape index (κ3) is 5.41. The maximum Gasteiger partial charge on any atom is 0.229 e. The molecule has 156 valence electrons. The molecule has 1 amide bonds. The Labute approximate surface area is 171 Å². The van der Waals surface area contributed by atoms with E-state index < -0.39 is 10.0 Å². The van der Waals surface area contributed by atoms with Crippen molar-refractivity contribution in [3.05, 3.63) is 47.5 Å². The van der Waals surface area contributed by atoms with Crippen LogP contribution in [0.2, 0.25) is 0 Å². The molecule has 1 atom stereocenters. The minimum absolute atomic E-state index is 0.0930. The van der Waals surface area contributed by atoms with Crippen LogP contribution in [0.25, 0.3) is 0 Å². The number of hydrogen-bond donors (Lipinski definition) is 2. The number of ether oxygens (including phenoxy) is 2. The first kappa shape index (κ1) is 21.0. The van der Waals surface area contributed by atoms with Crippen LogP contribution in [-0.2, 0) is 21.2 Å². The Kier molecular flexibility index (Phi) is 6.32. The first-order valence-electron chi connectivity index (χ1n) is 9.41. The first-order chi connectivity index (χ1) is 13.8. The van der Waals surface area contributed by atoms with Crippen molar-refractivity contribution in [2.75, 3.05) is 30.5 Å². The maximum atomic E-state index is 12.6. The van der Waals surface area contributed by atoms with Gasteiger partial charge in [-0.2, -0.15) is 0 Å². The van der Waals surface area contributed by atoms with E-state index >= 15 is 0 Å². The number of carbonyl (C=O) groups excluding carboxylic acids is 1. The molecule has 1 aliphatic carbocycles. The number of aryl methyl sites for hydroxylation is 1. The second kappa shape index (κ2) is 8.73. The second-order valence-electron chi connectivity index (χ2n) is 7.20. The molecule has 7 nitrogen and oxygen atoms in total. The van der Waals surface area contributed by atoms with Crippen LogP contribution in [0.3, 0.4) is 0 Å². The summed E-state index contributed by atoms with van der Waals surface area (Å²) in [5.41, 5.74) is 3.32.